The number of nitrogens with one attached hydrogen (secondary N) is 1. The van der Waals surface area contributed by atoms with E-state index in [0.717, 1.165) is 24.0 Å². The molecule has 1 amide bonds. The fraction of sp³-hybridized carbons (Fsp3) is 0.500. The van der Waals surface area contributed by atoms with Crippen LogP contribution in [0.1, 0.15) is 24.0 Å². The molecule has 0 spiro atoms. The molecular weight excluding hydrogens is 292 g/mol. The maximum absolute atomic E-state index is 11.4. The van der Waals surface area contributed by atoms with E-state index in [9.17, 15) is 4.79 Å². The average molecular weight is 311 g/mol. The molecule has 1 heterocycles. The SMILES string of the molecule is Cc1cc(CNC2CCC(=O)N(C)C2)ccc1Br. The van der Waals surface area contributed by atoms with Crippen LogP contribution in [0.4, 0.5) is 0 Å². The molecule has 4 heteroatoms. The van der Waals surface area contributed by atoms with Gasteiger partial charge in [-0.15, -0.1) is 0 Å². The minimum Gasteiger partial charge on any atom is -0.344 e. The van der Waals surface area contributed by atoms with Crippen LogP contribution in [0, 0.1) is 6.92 Å². The van der Waals surface area contributed by atoms with Crippen LogP contribution in [-0.4, -0.2) is 30.4 Å². The fourth-order valence-corrected chi connectivity index (χ4v) is 2.50. The van der Waals surface area contributed by atoms with Crippen LogP contribution >= 0.6 is 15.9 Å². The van der Waals surface area contributed by atoms with Crippen molar-refractivity contribution in [3.8, 4) is 0 Å². The standard InChI is InChI=1S/C14H19BrN2O/c1-10-7-11(3-5-13(10)15)8-16-12-4-6-14(18)17(2)9-12/h3,5,7,12,16H,4,6,8-9H2,1-2H3. The predicted octanol–water partition coefficient (Wildman–Crippen LogP) is 2.47. The van der Waals surface area contributed by atoms with Crippen molar-refractivity contribution in [1.29, 1.82) is 0 Å². The summed E-state index contributed by atoms with van der Waals surface area (Å²) in [6.07, 6.45) is 1.60. The molecule has 3 nitrogen and oxygen atoms in total. The molecule has 0 saturated carbocycles. The summed E-state index contributed by atoms with van der Waals surface area (Å²) in [5, 5.41) is 3.53. The van der Waals surface area contributed by atoms with Gasteiger partial charge in [-0.25, -0.2) is 0 Å². The van der Waals surface area contributed by atoms with E-state index in [1.807, 2.05) is 11.9 Å². The van der Waals surface area contributed by atoms with E-state index < -0.39 is 0 Å². The smallest absolute Gasteiger partial charge is 0.222 e. The topological polar surface area (TPSA) is 32.3 Å². The highest BCUT2D eigenvalue weighted by Crippen LogP contribution is 2.17. The number of carbonyl (C=O) groups excluding carboxylic acids is 1. The molecule has 1 aromatic rings. The average Bonchev–Trinajstić information content (AvgIpc) is 2.35. The molecule has 1 N–H and O–H groups in total. The van der Waals surface area contributed by atoms with E-state index in [4.69, 9.17) is 0 Å². The summed E-state index contributed by atoms with van der Waals surface area (Å²) < 4.78 is 1.15. The van der Waals surface area contributed by atoms with Gasteiger partial charge in [0.1, 0.15) is 0 Å². The Balaban J connectivity index is 1.88. The van der Waals surface area contributed by atoms with E-state index in [1.165, 1.54) is 11.1 Å². The first-order valence-corrected chi connectivity index (χ1v) is 7.08. The molecule has 1 aromatic carbocycles. The van der Waals surface area contributed by atoms with E-state index in [2.05, 4.69) is 46.4 Å². The van der Waals surface area contributed by atoms with Crippen LogP contribution in [0.25, 0.3) is 0 Å². The van der Waals surface area contributed by atoms with Crippen molar-refractivity contribution in [2.75, 3.05) is 13.6 Å². The van der Waals surface area contributed by atoms with Crippen LogP contribution in [0.2, 0.25) is 0 Å². The zero-order valence-corrected chi connectivity index (χ0v) is 12.5. The molecule has 1 atom stereocenters. The van der Waals surface area contributed by atoms with Crippen molar-refractivity contribution >= 4 is 21.8 Å². The van der Waals surface area contributed by atoms with Crippen molar-refractivity contribution in [2.45, 2.75) is 32.4 Å². The molecule has 0 aliphatic carbocycles. The molecule has 2 rings (SSSR count). The number of likely N-dealkylation sites (N-methyl/N-ethyl adjacent to an activating group) is 1. The van der Waals surface area contributed by atoms with Gasteiger partial charge in [0.05, 0.1) is 0 Å². The van der Waals surface area contributed by atoms with Gasteiger partial charge in [-0.3, -0.25) is 4.79 Å². The second-order valence-corrected chi connectivity index (χ2v) is 5.83. The van der Waals surface area contributed by atoms with Crippen LogP contribution in [-0.2, 0) is 11.3 Å². The Labute approximate surface area is 117 Å². The minimum absolute atomic E-state index is 0.257. The lowest BCUT2D eigenvalue weighted by molar-refractivity contribution is -0.132. The van der Waals surface area contributed by atoms with Gasteiger partial charge in [-0.2, -0.15) is 0 Å². The number of likely N-dealkylation sites (tertiary alicyclic amines) is 1. The number of hydrogen-bond donors (Lipinski definition) is 1. The highest BCUT2D eigenvalue weighted by Gasteiger charge is 2.22. The maximum Gasteiger partial charge on any atom is 0.222 e. The number of carbonyl (C=O) groups is 1. The lowest BCUT2D eigenvalue weighted by Crippen LogP contribution is -2.46. The summed E-state index contributed by atoms with van der Waals surface area (Å²) >= 11 is 3.51. The highest BCUT2D eigenvalue weighted by molar-refractivity contribution is 9.10. The van der Waals surface area contributed by atoms with Crippen LogP contribution in [0.3, 0.4) is 0 Å². The van der Waals surface area contributed by atoms with Gasteiger partial charge in [0, 0.05) is 37.1 Å². The van der Waals surface area contributed by atoms with Crippen molar-refractivity contribution in [2.24, 2.45) is 0 Å². The summed E-state index contributed by atoms with van der Waals surface area (Å²) in [5.41, 5.74) is 2.54. The number of aryl methyl sites for hydroxylation is 1. The second kappa shape index (κ2) is 5.85. The van der Waals surface area contributed by atoms with Crippen LogP contribution in [0.5, 0.6) is 0 Å². The first-order chi connectivity index (χ1) is 8.56. The predicted molar refractivity (Wildman–Crippen MR) is 76.4 cm³/mol. The molecule has 98 valence electrons. The Morgan fingerprint density at radius 1 is 1.50 bits per heavy atom. The van der Waals surface area contributed by atoms with Crippen LogP contribution in [0.15, 0.2) is 22.7 Å². The number of amides is 1. The highest BCUT2D eigenvalue weighted by atomic mass is 79.9. The van der Waals surface area contributed by atoms with E-state index >= 15 is 0 Å². The van der Waals surface area contributed by atoms with Gasteiger partial charge in [0.25, 0.3) is 0 Å². The van der Waals surface area contributed by atoms with Crippen molar-refractivity contribution < 1.29 is 4.79 Å². The first-order valence-electron chi connectivity index (χ1n) is 6.28. The monoisotopic (exact) mass is 310 g/mol. The maximum atomic E-state index is 11.4. The number of piperidine rings is 1. The second-order valence-electron chi connectivity index (χ2n) is 4.97. The van der Waals surface area contributed by atoms with Crippen molar-refractivity contribution in [1.82, 2.24) is 10.2 Å². The van der Waals surface area contributed by atoms with Gasteiger partial charge < -0.3 is 10.2 Å². The molecule has 0 aromatic heterocycles. The van der Waals surface area contributed by atoms with Gasteiger partial charge in [0.15, 0.2) is 0 Å². The van der Waals surface area contributed by atoms with Crippen LogP contribution < -0.4 is 5.32 Å². The summed E-state index contributed by atoms with van der Waals surface area (Å²) in [7, 11) is 1.87. The largest absolute Gasteiger partial charge is 0.344 e. The normalized spacial score (nSPS) is 20.3. The summed E-state index contributed by atoms with van der Waals surface area (Å²) in [6, 6.07) is 6.82. The van der Waals surface area contributed by atoms with E-state index in [0.29, 0.717) is 12.5 Å². The molecule has 1 aliphatic heterocycles. The summed E-state index contributed by atoms with van der Waals surface area (Å²) in [4.78, 5) is 13.2. The molecule has 1 saturated heterocycles. The molecule has 18 heavy (non-hydrogen) atoms. The summed E-state index contributed by atoms with van der Waals surface area (Å²) in [6.45, 7) is 3.77. The fourth-order valence-electron chi connectivity index (χ4n) is 2.26. The molecule has 0 radical (unpaired) electrons. The minimum atomic E-state index is 0.257. The van der Waals surface area contributed by atoms with Gasteiger partial charge in [-0.05, 0) is 30.5 Å². The molecule has 0 bridgehead atoms. The van der Waals surface area contributed by atoms with Crippen molar-refractivity contribution in [3.63, 3.8) is 0 Å². The number of hydrogen-bond acceptors (Lipinski definition) is 2. The molecule has 1 fully saturated rings. The van der Waals surface area contributed by atoms with E-state index in [-0.39, 0.29) is 5.91 Å². The van der Waals surface area contributed by atoms with Crippen molar-refractivity contribution in [3.05, 3.63) is 33.8 Å². The lowest BCUT2D eigenvalue weighted by Gasteiger charge is -2.30. The number of nitrogens with zero attached hydrogens (tertiary/aromatic N) is 1. The Morgan fingerprint density at radius 2 is 2.28 bits per heavy atom. The van der Waals surface area contributed by atoms with E-state index in [1.54, 1.807) is 0 Å². The third-order valence-electron chi connectivity index (χ3n) is 3.44. The zero-order valence-electron chi connectivity index (χ0n) is 10.9. The molecule has 1 aliphatic rings. The van der Waals surface area contributed by atoms with Gasteiger partial charge >= 0.3 is 0 Å². The Kier molecular flexibility index (Phi) is 4.40. The van der Waals surface area contributed by atoms with Gasteiger partial charge in [-0.1, -0.05) is 28.1 Å². The third kappa shape index (κ3) is 3.33. The Bertz CT molecular complexity index is 447. The Morgan fingerprint density at radius 3 is 2.94 bits per heavy atom. The third-order valence-corrected chi connectivity index (χ3v) is 4.33. The Hall–Kier alpha value is -0.870. The quantitative estimate of drug-likeness (QED) is 0.930. The molecular formula is C14H19BrN2O. The molecule has 1 unspecified atom stereocenters. The first kappa shape index (κ1) is 13.6. The number of halogens is 1. The number of benzene rings is 1. The van der Waals surface area contributed by atoms with Gasteiger partial charge in [0.2, 0.25) is 5.91 Å². The zero-order chi connectivity index (χ0) is 13.1. The lowest BCUT2D eigenvalue weighted by atomic mass is 10.0. The number of rotatable bonds is 3. The summed E-state index contributed by atoms with van der Waals surface area (Å²) in [5.74, 6) is 0.257.